The number of aromatic hydroxyl groups is 1. The molecule has 0 spiro atoms. The van der Waals surface area contributed by atoms with E-state index in [9.17, 15) is 9.50 Å². The van der Waals surface area contributed by atoms with Crippen LogP contribution in [0.3, 0.4) is 0 Å². The molecule has 1 fully saturated rings. The Balaban J connectivity index is 0.000000982. The van der Waals surface area contributed by atoms with Gasteiger partial charge < -0.3 is 15.3 Å². The highest BCUT2D eigenvalue weighted by Crippen LogP contribution is 2.28. The van der Waals surface area contributed by atoms with Crippen LogP contribution in [0.5, 0.6) is 5.75 Å². The number of nitrogens with zero attached hydrogens (tertiary/aromatic N) is 4. The first kappa shape index (κ1) is 31.2. The van der Waals surface area contributed by atoms with Crippen LogP contribution in [0.25, 0.3) is 5.57 Å². The fraction of sp³-hybridized carbons (Fsp3) is 0.552. The molecule has 7 heteroatoms. The number of rotatable bonds is 5. The summed E-state index contributed by atoms with van der Waals surface area (Å²) in [6, 6.07) is 5.12. The Morgan fingerprint density at radius 2 is 1.81 bits per heavy atom. The van der Waals surface area contributed by atoms with Crippen LogP contribution in [0, 0.1) is 5.92 Å². The largest absolute Gasteiger partial charge is 0.507 e. The van der Waals surface area contributed by atoms with Gasteiger partial charge in [-0.2, -0.15) is 4.39 Å². The Hall–Kier alpha value is -2.80. The van der Waals surface area contributed by atoms with Crippen molar-refractivity contribution in [1.29, 1.82) is 0 Å². The molecule has 0 amide bonds. The van der Waals surface area contributed by atoms with Crippen molar-refractivity contribution in [3.8, 4) is 5.75 Å². The molecule has 0 saturated carbocycles. The third kappa shape index (κ3) is 9.69. The van der Waals surface area contributed by atoms with Gasteiger partial charge in [0.1, 0.15) is 11.6 Å². The molecule has 0 unspecified atom stereocenters. The predicted octanol–water partition coefficient (Wildman–Crippen LogP) is 6.62. The number of allylic oxidation sites excluding steroid dienone is 3. The molecule has 3 rings (SSSR count). The van der Waals surface area contributed by atoms with E-state index in [0.29, 0.717) is 28.8 Å². The molecule has 0 aliphatic carbocycles. The summed E-state index contributed by atoms with van der Waals surface area (Å²) in [5.41, 5.74) is 3.38. The predicted molar refractivity (Wildman–Crippen MR) is 154 cm³/mol. The van der Waals surface area contributed by atoms with Crippen molar-refractivity contribution in [3.63, 3.8) is 0 Å². The van der Waals surface area contributed by atoms with E-state index in [2.05, 4.69) is 53.1 Å². The van der Waals surface area contributed by atoms with E-state index in [1.54, 1.807) is 24.3 Å². The smallest absolute Gasteiger partial charge is 0.215 e. The van der Waals surface area contributed by atoms with Crippen molar-refractivity contribution in [2.24, 2.45) is 21.1 Å². The Kier molecular flexibility index (Phi) is 14.6. The van der Waals surface area contributed by atoms with Gasteiger partial charge in [0.05, 0.1) is 5.71 Å². The molecule has 2 aliphatic heterocycles. The molecule has 1 saturated heterocycles. The van der Waals surface area contributed by atoms with Crippen LogP contribution in [-0.4, -0.2) is 60.7 Å². The van der Waals surface area contributed by atoms with Crippen molar-refractivity contribution in [3.05, 3.63) is 47.1 Å². The molecule has 0 radical (unpaired) electrons. The highest BCUT2D eigenvalue weighted by Gasteiger charge is 2.20. The van der Waals surface area contributed by atoms with Gasteiger partial charge in [-0.05, 0) is 42.5 Å². The van der Waals surface area contributed by atoms with Crippen LogP contribution >= 0.6 is 0 Å². The molecule has 36 heavy (non-hydrogen) atoms. The number of aliphatic imine (C=N–C) groups is 1. The zero-order valence-corrected chi connectivity index (χ0v) is 23.5. The summed E-state index contributed by atoms with van der Waals surface area (Å²) < 4.78 is 14.2. The van der Waals surface area contributed by atoms with Gasteiger partial charge in [-0.1, -0.05) is 66.2 Å². The van der Waals surface area contributed by atoms with Crippen molar-refractivity contribution >= 4 is 23.1 Å². The Morgan fingerprint density at radius 1 is 1.17 bits per heavy atom. The summed E-state index contributed by atoms with van der Waals surface area (Å²) in [4.78, 5) is 5.92. The minimum absolute atomic E-state index is 0.0460. The van der Waals surface area contributed by atoms with Gasteiger partial charge >= 0.3 is 0 Å². The normalized spacial score (nSPS) is 16.6. The van der Waals surface area contributed by atoms with Crippen LogP contribution in [0.2, 0.25) is 0 Å². The first-order valence-corrected chi connectivity index (χ1v) is 13.3. The Morgan fingerprint density at radius 3 is 2.33 bits per heavy atom. The first-order chi connectivity index (χ1) is 17.3. The maximum absolute atomic E-state index is 14.2. The lowest BCUT2D eigenvalue weighted by molar-refractivity contribution is 0.352. The topological polar surface area (TPSA) is 72.6 Å². The van der Waals surface area contributed by atoms with E-state index in [1.807, 2.05) is 26.8 Å². The maximum atomic E-state index is 14.2. The quantitative estimate of drug-likeness (QED) is 0.447. The van der Waals surface area contributed by atoms with Crippen molar-refractivity contribution in [2.75, 3.05) is 33.2 Å². The number of halogens is 1. The van der Waals surface area contributed by atoms with Crippen LogP contribution in [0.1, 0.15) is 78.9 Å². The lowest BCUT2D eigenvalue weighted by Crippen LogP contribution is -2.46. The number of hydrogen-bond donors (Lipinski definition) is 2. The van der Waals surface area contributed by atoms with Gasteiger partial charge in [-0.25, -0.2) is 0 Å². The minimum atomic E-state index is -0.547. The van der Waals surface area contributed by atoms with Crippen LogP contribution < -0.4 is 5.32 Å². The lowest BCUT2D eigenvalue weighted by Gasteiger charge is -2.29. The number of phenolic OH excluding ortho intramolecular Hbond substituents is 1. The van der Waals surface area contributed by atoms with Crippen LogP contribution in [0.15, 0.2) is 51.1 Å². The summed E-state index contributed by atoms with van der Waals surface area (Å²) >= 11 is 0. The molecular formula is C29H46FN5O. The maximum Gasteiger partial charge on any atom is 0.215 e. The third-order valence-electron chi connectivity index (χ3n) is 5.35. The number of benzene rings is 1. The summed E-state index contributed by atoms with van der Waals surface area (Å²) in [6.45, 7) is 18.3. The monoisotopic (exact) mass is 499 g/mol. The average Bonchev–Trinajstić information content (AvgIpc) is 3.11. The lowest BCUT2D eigenvalue weighted by atomic mass is 9.98. The fourth-order valence-corrected chi connectivity index (χ4v) is 3.64. The van der Waals surface area contributed by atoms with E-state index in [4.69, 9.17) is 0 Å². The minimum Gasteiger partial charge on any atom is -0.507 e. The Labute approximate surface area is 217 Å². The highest BCUT2D eigenvalue weighted by molar-refractivity contribution is 6.19. The van der Waals surface area contributed by atoms with Crippen molar-refractivity contribution in [2.45, 2.75) is 67.7 Å². The molecule has 1 aromatic rings. The van der Waals surface area contributed by atoms with Gasteiger partial charge in [-0.3, -0.25) is 4.99 Å². The standard InChI is InChI=1S/C23H30FN5O.C4H10.C2H6/c1-4-6-18(23(24)25-3)17-7-8-19(21(30)15-17)20-13-16(5-2)14-22(28-27-20)29-11-9-26-10-12-29;1-4(2)3;1-2/h6-8,13,15,26,30H,4-5,9-12,14H2,1-3H3;4H,1-3H3;1-2H3/b18-6-,25-23?;;. The molecule has 0 atom stereocenters. The molecular weight excluding hydrogens is 453 g/mol. The summed E-state index contributed by atoms with van der Waals surface area (Å²) in [5, 5.41) is 23.1. The second-order valence-corrected chi connectivity index (χ2v) is 9.08. The molecule has 2 N–H and O–H groups in total. The Bertz CT molecular complexity index is 967. The first-order valence-electron chi connectivity index (χ1n) is 13.3. The highest BCUT2D eigenvalue weighted by atomic mass is 19.1. The summed E-state index contributed by atoms with van der Waals surface area (Å²) in [7, 11) is 1.42. The summed E-state index contributed by atoms with van der Waals surface area (Å²) in [5.74, 6) is 1.30. The van der Waals surface area contributed by atoms with E-state index in [1.165, 1.54) is 12.6 Å². The van der Waals surface area contributed by atoms with Crippen molar-refractivity contribution in [1.82, 2.24) is 10.2 Å². The SMILES string of the molecule is CC.CC(C)C.CC/C=C(\C(F)=NC)c1ccc(C2=NN=C(N3CCNCC3)CC(CC)=C2)c(O)c1. The van der Waals surface area contributed by atoms with Crippen molar-refractivity contribution < 1.29 is 9.50 Å². The molecule has 1 aromatic carbocycles. The third-order valence-corrected chi connectivity index (χ3v) is 5.35. The van der Waals surface area contributed by atoms with Gasteiger partial charge in [-0.15, -0.1) is 10.2 Å². The van der Waals surface area contributed by atoms with Gasteiger partial charge in [0, 0.05) is 50.8 Å². The molecule has 2 aliphatic rings. The van der Waals surface area contributed by atoms with Gasteiger partial charge in [0.25, 0.3) is 0 Å². The molecule has 200 valence electrons. The van der Waals surface area contributed by atoms with Crippen LogP contribution in [-0.2, 0) is 0 Å². The number of nitrogens with one attached hydrogen (secondary N) is 1. The average molecular weight is 500 g/mol. The number of amidine groups is 1. The second-order valence-electron chi connectivity index (χ2n) is 9.08. The fourth-order valence-electron chi connectivity index (χ4n) is 3.64. The van der Waals surface area contributed by atoms with E-state index < -0.39 is 5.97 Å². The zero-order chi connectivity index (χ0) is 27.1. The zero-order valence-electron chi connectivity index (χ0n) is 23.5. The van der Waals surface area contributed by atoms with E-state index >= 15 is 0 Å². The molecule has 0 bridgehead atoms. The number of piperazine rings is 1. The molecule has 0 aromatic heterocycles. The van der Waals surface area contributed by atoms with E-state index in [-0.39, 0.29) is 5.75 Å². The van der Waals surface area contributed by atoms with E-state index in [0.717, 1.165) is 50.8 Å². The van der Waals surface area contributed by atoms with Crippen LogP contribution in [0.4, 0.5) is 4.39 Å². The molecule has 2 heterocycles. The summed E-state index contributed by atoms with van der Waals surface area (Å²) in [6.07, 6.45) is 6.07. The second kappa shape index (κ2) is 16.8. The number of phenols is 1. The van der Waals surface area contributed by atoms with Gasteiger partial charge in [0.2, 0.25) is 5.97 Å². The number of hydrogen-bond acceptors (Lipinski definition) is 6. The molecule has 6 nitrogen and oxygen atoms in total. The van der Waals surface area contributed by atoms with Gasteiger partial charge in [0.15, 0.2) is 0 Å².